The lowest BCUT2D eigenvalue weighted by Crippen LogP contribution is -2.31. The number of ether oxygens (including phenoxy) is 3. The molecule has 11 atom stereocenters. The molecule has 62 heavy (non-hydrogen) atoms. The molecule has 0 saturated carbocycles. The molecule has 6 aromatic heterocycles. The van der Waals surface area contributed by atoms with Crippen LogP contribution in [0.15, 0.2) is 34.9 Å². The van der Waals surface area contributed by atoms with Gasteiger partial charge in [0.2, 0.25) is 11.9 Å². The van der Waals surface area contributed by atoms with E-state index in [0.29, 0.717) is 11.2 Å². The number of hydrogen-bond acceptors (Lipinski definition) is 23. The number of aliphatic hydroxyl groups excluding tert-OH is 2. The third kappa shape index (κ3) is 8.35. The standard InChI is InChI=1S/C30H37N15O13P2S2/c31-23-20-24(35-7-34-23)43(8-36-20)18-3-13(58-59(50,61)52-5-15-11(47)1-17(55-15)44-9-37-21-25(44)39-29(32)41-27(21)48)16(56-18)6-53-60(51,62)57-12-2-19(54-14(12)4-46)45-10-38-22-26(45)40-30(33)42-28(22)49/h7-19,46-47H,1-6H2,(H,50,61)(H,51,62)(H2,31,34,35)(H3,32,39,41,48)(H3,33,40,42,49)/t11-,12-,13-,14+,15+,16+,17+,18+,19+,59?,60?/m0/s1. The molecule has 0 bridgehead atoms. The predicted molar refractivity (Wildman–Crippen MR) is 218 cm³/mol. The lowest BCUT2D eigenvalue weighted by atomic mass is 10.2. The van der Waals surface area contributed by atoms with E-state index in [1.54, 1.807) is 4.57 Å². The molecule has 3 fully saturated rings. The molecule has 2 unspecified atom stereocenters. The first-order chi connectivity index (χ1) is 29.6. The van der Waals surface area contributed by atoms with Crippen LogP contribution in [-0.4, -0.2) is 135 Å². The Morgan fingerprint density at radius 1 is 0.694 bits per heavy atom. The molecule has 0 radical (unpaired) electrons. The highest BCUT2D eigenvalue weighted by Crippen LogP contribution is 2.52. The third-order valence-corrected chi connectivity index (χ3v) is 13.5. The van der Waals surface area contributed by atoms with Crippen LogP contribution in [0.25, 0.3) is 33.5 Å². The minimum absolute atomic E-state index is 0.00903. The van der Waals surface area contributed by atoms with E-state index in [1.165, 1.54) is 34.4 Å². The van der Waals surface area contributed by atoms with Crippen LogP contribution < -0.4 is 28.3 Å². The highest BCUT2D eigenvalue weighted by molar-refractivity contribution is 8.07. The molecule has 32 heteroatoms. The van der Waals surface area contributed by atoms with Crippen LogP contribution in [0.2, 0.25) is 0 Å². The summed E-state index contributed by atoms with van der Waals surface area (Å²) in [6.45, 7) is -9.72. The summed E-state index contributed by atoms with van der Waals surface area (Å²) in [4.78, 5) is 80.9. The SMILES string of the molecule is Nc1nc2c(ncn2[C@H]2C[C@H](OP(O)(=S)OC[C@H]3O[C@@H](n4cnc5c(N)ncnc54)C[C@@H]3OP(O)(=S)OC[C@H]3O[C@@H](n4cnc5c(=O)[nH]c(N)nc54)C[C@@H]3O)[C@@H](CO)O2)c(=O)[nH]1. The maximum absolute atomic E-state index is 12.3. The number of H-pyrrole nitrogens is 2. The monoisotopic (exact) mass is 941 g/mol. The van der Waals surface area contributed by atoms with Gasteiger partial charge in [0.05, 0.1) is 57.1 Å². The molecule has 0 aromatic carbocycles. The molecule has 3 aliphatic heterocycles. The summed E-state index contributed by atoms with van der Waals surface area (Å²) in [5, 5.41) is 21.0. The lowest BCUT2D eigenvalue weighted by Gasteiger charge is -2.27. The average molecular weight is 942 g/mol. The van der Waals surface area contributed by atoms with Crippen LogP contribution in [0.4, 0.5) is 17.7 Å². The summed E-state index contributed by atoms with van der Waals surface area (Å²) in [6.07, 6.45) is -3.37. The van der Waals surface area contributed by atoms with Gasteiger partial charge in [0.25, 0.3) is 11.1 Å². The van der Waals surface area contributed by atoms with Gasteiger partial charge in [-0.25, -0.2) is 24.9 Å². The summed E-state index contributed by atoms with van der Waals surface area (Å²) in [6, 6.07) is 0. The highest BCUT2D eigenvalue weighted by Gasteiger charge is 2.45. The van der Waals surface area contributed by atoms with Crippen molar-refractivity contribution in [2.75, 3.05) is 37.0 Å². The maximum Gasteiger partial charge on any atom is 0.324 e. The zero-order chi connectivity index (χ0) is 43.7. The second kappa shape index (κ2) is 16.6. The number of nitrogens with two attached hydrogens (primary N) is 3. The van der Waals surface area contributed by atoms with Gasteiger partial charge in [-0.15, -0.1) is 0 Å². The van der Waals surface area contributed by atoms with Gasteiger partial charge < -0.3 is 69.5 Å². The van der Waals surface area contributed by atoms with E-state index in [9.17, 15) is 29.6 Å². The largest absolute Gasteiger partial charge is 0.394 e. The number of aromatic nitrogens is 12. The number of imidazole rings is 3. The van der Waals surface area contributed by atoms with E-state index in [2.05, 4.69) is 44.9 Å². The van der Waals surface area contributed by atoms with E-state index < -0.39 is 99.7 Å². The summed E-state index contributed by atoms with van der Waals surface area (Å²) in [5.74, 6) is -0.153. The first-order valence-corrected chi connectivity index (χ1v) is 23.7. The summed E-state index contributed by atoms with van der Waals surface area (Å²) >= 11 is 10.8. The second-order valence-electron chi connectivity index (χ2n) is 14.3. The Hall–Kier alpha value is -4.49. The van der Waals surface area contributed by atoms with Crippen molar-refractivity contribution in [3.8, 4) is 0 Å². The number of anilines is 3. The summed E-state index contributed by atoms with van der Waals surface area (Å²) < 4.78 is 46.0. The molecule has 0 aliphatic carbocycles. The average Bonchev–Trinajstić information content (AvgIpc) is 4.06. The van der Waals surface area contributed by atoms with Gasteiger partial charge in [-0.05, 0) is 23.6 Å². The van der Waals surface area contributed by atoms with Crippen LogP contribution in [-0.2, 0) is 55.9 Å². The van der Waals surface area contributed by atoms with Gasteiger partial charge in [0.1, 0.15) is 48.8 Å². The van der Waals surface area contributed by atoms with Crippen molar-refractivity contribution in [1.29, 1.82) is 0 Å². The van der Waals surface area contributed by atoms with Crippen molar-refractivity contribution < 1.29 is 52.3 Å². The summed E-state index contributed by atoms with van der Waals surface area (Å²) in [5.41, 5.74) is 17.3. The van der Waals surface area contributed by atoms with Crippen molar-refractivity contribution in [3.05, 3.63) is 46.0 Å². The zero-order valence-corrected chi connectivity index (χ0v) is 35.0. The van der Waals surface area contributed by atoms with Gasteiger partial charge in [0, 0.05) is 19.3 Å². The van der Waals surface area contributed by atoms with E-state index >= 15 is 0 Å². The van der Waals surface area contributed by atoms with Crippen LogP contribution in [0.5, 0.6) is 0 Å². The van der Waals surface area contributed by atoms with Crippen molar-refractivity contribution >= 4 is 88.3 Å². The van der Waals surface area contributed by atoms with Crippen LogP contribution >= 0.6 is 13.4 Å². The van der Waals surface area contributed by atoms with E-state index in [4.69, 9.17) is 73.1 Å². The molecule has 332 valence electrons. The number of nitrogens with zero attached hydrogens (tertiary/aromatic N) is 10. The Kier molecular flexibility index (Phi) is 11.4. The normalized spacial score (nSPS) is 28.6. The fourth-order valence-corrected chi connectivity index (χ4v) is 10.4. The first kappa shape index (κ1) is 42.8. The molecule has 9 rings (SSSR count). The van der Waals surface area contributed by atoms with Crippen molar-refractivity contribution in [1.82, 2.24) is 58.6 Å². The molecule has 12 N–H and O–H groups in total. The molecule has 0 spiro atoms. The fraction of sp³-hybridized carbons (Fsp3) is 0.500. The molecule has 3 aliphatic rings. The Morgan fingerprint density at radius 2 is 1.16 bits per heavy atom. The molecular formula is C30H37N15O13P2S2. The minimum Gasteiger partial charge on any atom is -0.394 e. The minimum atomic E-state index is -4.16. The maximum atomic E-state index is 12.3. The van der Waals surface area contributed by atoms with E-state index in [0.717, 1.165) is 0 Å². The number of aliphatic hydroxyl groups is 2. The first-order valence-electron chi connectivity index (χ1n) is 18.5. The molecular weight excluding hydrogens is 905 g/mol. The lowest BCUT2D eigenvalue weighted by molar-refractivity contribution is -0.0535. The Bertz CT molecular complexity index is 2880. The summed E-state index contributed by atoms with van der Waals surface area (Å²) in [7, 11) is 0. The second-order valence-corrected chi connectivity index (χ2v) is 19.9. The number of fused-ring (bicyclic) bond motifs is 3. The Morgan fingerprint density at radius 3 is 1.73 bits per heavy atom. The van der Waals surface area contributed by atoms with Gasteiger partial charge >= 0.3 is 13.4 Å². The topological polar surface area (TPSA) is 394 Å². The smallest absolute Gasteiger partial charge is 0.324 e. The molecule has 9 heterocycles. The molecule has 3 saturated heterocycles. The number of hydrogen-bond donors (Lipinski definition) is 9. The van der Waals surface area contributed by atoms with Crippen molar-refractivity contribution in [2.45, 2.75) is 74.6 Å². The quantitative estimate of drug-likeness (QED) is 0.0549. The molecule has 0 amide bonds. The fourth-order valence-electron chi connectivity index (χ4n) is 7.44. The third-order valence-electron chi connectivity index (χ3n) is 10.3. The Labute approximate surface area is 355 Å². The van der Waals surface area contributed by atoms with Gasteiger partial charge in [-0.2, -0.15) is 9.97 Å². The van der Waals surface area contributed by atoms with Gasteiger partial charge in [-0.1, -0.05) is 0 Å². The van der Waals surface area contributed by atoms with E-state index in [-0.39, 0.29) is 59.3 Å². The number of nitrogens with one attached hydrogen (secondary N) is 2. The predicted octanol–water partition coefficient (Wildman–Crippen LogP) is -1.71. The number of rotatable bonds is 14. The molecule has 6 aromatic rings. The van der Waals surface area contributed by atoms with Crippen molar-refractivity contribution in [3.63, 3.8) is 0 Å². The van der Waals surface area contributed by atoms with Crippen molar-refractivity contribution in [2.24, 2.45) is 0 Å². The van der Waals surface area contributed by atoms with Crippen LogP contribution in [0, 0.1) is 0 Å². The zero-order valence-electron chi connectivity index (χ0n) is 31.6. The van der Waals surface area contributed by atoms with Gasteiger partial charge in [0.15, 0.2) is 33.8 Å². The highest BCUT2D eigenvalue weighted by atomic mass is 32.5. The van der Waals surface area contributed by atoms with Crippen LogP contribution in [0.1, 0.15) is 37.9 Å². The number of nitrogen functional groups attached to an aromatic ring is 3. The molecule has 28 nitrogen and oxygen atoms in total. The van der Waals surface area contributed by atoms with Crippen LogP contribution in [0.3, 0.4) is 0 Å². The van der Waals surface area contributed by atoms with E-state index in [1.807, 2.05) is 0 Å². The number of aromatic amines is 2. The van der Waals surface area contributed by atoms with Gasteiger partial charge in [-0.3, -0.25) is 33.3 Å². The Balaban J connectivity index is 0.880.